The maximum absolute atomic E-state index is 11.5. The van der Waals surface area contributed by atoms with Crippen LogP contribution in [0.5, 0.6) is 0 Å². The summed E-state index contributed by atoms with van der Waals surface area (Å²) in [6, 6.07) is 0. The summed E-state index contributed by atoms with van der Waals surface area (Å²) < 4.78 is 0. The summed E-state index contributed by atoms with van der Waals surface area (Å²) in [5.41, 5.74) is -2.11. The molecule has 10 heteroatoms. The van der Waals surface area contributed by atoms with Crippen LogP contribution in [0.2, 0.25) is 0 Å². The zero-order chi connectivity index (χ0) is 22.1. The van der Waals surface area contributed by atoms with E-state index >= 15 is 0 Å². The molecule has 0 saturated carbocycles. The van der Waals surface area contributed by atoms with Crippen LogP contribution in [-0.4, -0.2) is 91.4 Å². The van der Waals surface area contributed by atoms with Gasteiger partial charge in [-0.2, -0.15) is 0 Å². The van der Waals surface area contributed by atoms with Crippen molar-refractivity contribution in [3.05, 3.63) is 0 Å². The third-order valence-corrected chi connectivity index (χ3v) is 5.72. The van der Waals surface area contributed by atoms with Crippen molar-refractivity contribution in [3.63, 3.8) is 0 Å². The summed E-state index contributed by atoms with van der Waals surface area (Å²) in [5, 5.41) is 37.4. The monoisotopic (exact) mass is 404 g/mol. The lowest BCUT2D eigenvalue weighted by molar-refractivity contribution is -0.161. The maximum Gasteiger partial charge on any atom is 0.317 e. The van der Waals surface area contributed by atoms with Crippen molar-refractivity contribution in [2.24, 2.45) is 0 Å². The molecule has 0 amide bonds. The van der Waals surface area contributed by atoms with Crippen LogP contribution in [0.1, 0.15) is 53.4 Å². The fraction of sp³-hybridized carbons (Fsp3) is 0.778. The maximum atomic E-state index is 11.5. The molecular formula is C18H32N2O8. The quantitative estimate of drug-likeness (QED) is 0.311. The first-order chi connectivity index (χ1) is 13.0. The predicted molar refractivity (Wildman–Crippen MR) is 100 cm³/mol. The fourth-order valence-electron chi connectivity index (χ4n) is 4.67. The summed E-state index contributed by atoms with van der Waals surface area (Å²) >= 11 is 0. The van der Waals surface area contributed by atoms with Gasteiger partial charge in [-0.1, -0.05) is 27.7 Å². The molecule has 0 bridgehead atoms. The highest BCUT2D eigenvalue weighted by atomic mass is 16.4. The summed E-state index contributed by atoms with van der Waals surface area (Å²) in [7, 11) is 0. The molecule has 0 rings (SSSR count). The molecule has 4 N–H and O–H groups in total. The normalized spacial score (nSPS) is 12.4. The molecule has 0 radical (unpaired) electrons. The minimum Gasteiger partial charge on any atom is -0.480 e. The first kappa shape index (κ1) is 25.8. The lowest BCUT2D eigenvalue weighted by Crippen LogP contribution is -2.72. The van der Waals surface area contributed by atoms with Crippen LogP contribution in [0.25, 0.3) is 0 Å². The number of carbonyl (C=O) groups is 4. The highest BCUT2D eigenvalue weighted by Crippen LogP contribution is 2.44. The van der Waals surface area contributed by atoms with E-state index in [9.17, 15) is 39.6 Å². The average Bonchev–Trinajstić information content (AvgIpc) is 2.57. The van der Waals surface area contributed by atoms with Crippen molar-refractivity contribution < 1.29 is 39.6 Å². The van der Waals surface area contributed by atoms with Crippen molar-refractivity contribution in [2.75, 3.05) is 26.2 Å². The van der Waals surface area contributed by atoms with E-state index in [0.29, 0.717) is 25.7 Å². The Hall–Kier alpha value is -2.20. The third kappa shape index (κ3) is 5.65. The topological polar surface area (TPSA) is 156 Å². The van der Waals surface area contributed by atoms with Crippen molar-refractivity contribution in [1.29, 1.82) is 0 Å². The molecule has 0 aliphatic heterocycles. The minimum absolute atomic E-state index is 0.321. The molecule has 0 aliphatic rings. The van der Waals surface area contributed by atoms with Crippen molar-refractivity contribution >= 4 is 23.9 Å². The van der Waals surface area contributed by atoms with E-state index in [1.165, 1.54) is 9.80 Å². The molecular weight excluding hydrogens is 372 g/mol. The van der Waals surface area contributed by atoms with Gasteiger partial charge in [0.1, 0.15) is 0 Å². The lowest BCUT2D eigenvalue weighted by atomic mass is 9.67. The Morgan fingerprint density at radius 1 is 0.536 bits per heavy atom. The molecule has 10 nitrogen and oxygen atoms in total. The smallest absolute Gasteiger partial charge is 0.317 e. The molecule has 28 heavy (non-hydrogen) atoms. The Labute approximate surface area is 164 Å². The molecule has 0 saturated heterocycles. The highest BCUT2D eigenvalue weighted by Gasteiger charge is 2.55. The van der Waals surface area contributed by atoms with Gasteiger partial charge in [-0.25, -0.2) is 0 Å². The summed E-state index contributed by atoms with van der Waals surface area (Å²) in [6.07, 6.45) is 1.28. The summed E-state index contributed by atoms with van der Waals surface area (Å²) in [6.45, 7) is 4.90. The van der Waals surface area contributed by atoms with Crippen LogP contribution in [-0.2, 0) is 19.2 Å². The number of aliphatic carboxylic acids is 4. The van der Waals surface area contributed by atoms with E-state index < -0.39 is 61.1 Å². The second-order valence-electron chi connectivity index (χ2n) is 6.76. The standard InChI is InChI=1S/C18H32N2O8/c1-5-17(6-2,19(9-13(21)22)10-14(23)24)18(7-3,8-4)20(11-15(25)26)12-16(27)28/h5-12H2,1-4H3,(H,21,22)(H,23,24)(H,25,26)(H,27,28). The fourth-order valence-corrected chi connectivity index (χ4v) is 4.67. The highest BCUT2D eigenvalue weighted by molar-refractivity contribution is 5.74. The van der Waals surface area contributed by atoms with Gasteiger partial charge in [-0.15, -0.1) is 0 Å². The second-order valence-corrected chi connectivity index (χ2v) is 6.76. The van der Waals surface area contributed by atoms with Gasteiger partial charge in [0, 0.05) is 11.1 Å². The van der Waals surface area contributed by atoms with E-state index in [-0.39, 0.29) is 0 Å². The van der Waals surface area contributed by atoms with Gasteiger partial charge < -0.3 is 20.4 Å². The van der Waals surface area contributed by atoms with Crippen LogP contribution < -0.4 is 0 Å². The Morgan fingerprint density at radius 3 is 0.821 bits per heavy atom. The van der Waals surface area contributed by atoms with Gasteiger partial charge in [0.15, 0.2) is 0 Å². The van der Waals surface area contributed by atoms with E-state index in [1.807, 2.05) is 0 Å². The Bertz CT molecular complexity index is 488. The summed E-state index contributed by atoms with van der Waals surface area (Å²) in [5.74, 6) is -4.85. The van der Waals surface area contributed by atoms with E-state index in [1.54, 1.807) is 27.7 Å². The average molecular weight is 404 g/mol. The molecule has 0 aromatic rings. The number of hydrogen-bond donors (Lipinski definition) is 4. The molecule has 0 aromatic heterocycles. The van der Waals surface area contributed by atoms with Crippen molar-refractivity contribution in [2.45, 2.75) is 64.5 Å². The first-order valence-electron chi connectivity index (χ1n) is 9.33. The molecule has 0 unspecified atom stereocenters. The van der Waals surface area contributed by atoms with E-state index in [2.05, 4.69) is 0 Å². The van der Waals surface area contributed by atoms with Gasteiger partial charge >= 0.3 is 23.9 Å². The van der Waals surface area contributed by atoms with Crippen LogP contribution >= 0.6 is 0 Å². The predicted octanol–water partition coefficient (Wildman–Crippen LogP) is 1.05. The third-order valence-electron chi connectivity index (χ3n) is 5.72. The number of rotatable bonds is 15. The van der Waals surface area contributed by atoms with E-state index in [0.717, 1.165) is 0 Å². The Morgan fingerprint density at radius 2 is 0.714 bits per heavy atom. The Balaban J connectivity index is 6.72. The van der Waals surface area contributed by atoms with Crippen molar-refractivity contribution in [1.82, 2.24) is 9.80 Å². The van der Waals surface area contributed by atoms with Crippen LogP contribution in [0.3, 0.4) is 0 Å². The van der Waals surface area contributed by atoms with Crippen LogP contribution in [0.4, 0.5) is 0 Å². The van der Waals surface area contributed by atoms with Gasteiger partial charge in [0.05, 0.1) is 26.2 Å². The van der Waals surface area contributed by atoms with Crippen LogP contribution in [0, 0.1) is 0 Å². The molecule has 0 aromatic carbocycles. The van der Waals surface area contributed by atoms with Gasteiger partial charge in [0.25, 0.3) is 0 Å². The molecule has 0 aliphatic carbocycles. The lowest BCUT2D eigenvalue weighted by Gasteiger charge is -2.59. The summed E-state index contributed by atoms with van der Waals surface area (Å²) in [4.78, 5) is 48.5. The van der Waals surface area contributed by atoms with Crippen molar-refractivity contribution in [3.8, 4) is 0 Å². The Kier molecular flexibility index (Phi) is 10.1. The molecule has 0 spiro atoms. The molecule has 0 atom stereocenters. The zero-order valence-electron chi connectivity index (χ0n) is 17.0. The van der Waals surface area contributed by atoms with Crippen LogP contribution in [0.15, 0.2) is 0 Å². The van der Waals surface area contributed by atoms with E-state index in [4.69, 9.17) is 0 Å². The largest absolute Gasteiger partial charge is 0.480 e. The minimum atomic E-state index is -1.21. The first-order valence-corrected chi connectivity index (χ1v) is 9.33. The van der Waals surface area contributed by atoms with Gasteiger partial charge in [0.2, 0.25) is 0 Å². The zero-order valence-corrected chi connectivity index (χ0v) is 17.0. The SMILES string of the molecule is CCC(CC)(N(CC(=O)O)CC(=O)O)C(CC)(CC)N(CC(=O)O)CC(=O)O. The number of hydrogen-bond acceptors (Lipinski definition) is 6. The number of nitrogens with zero attached hydrogens (tertiary/aromatic N) is 2. The molecule has 0 heterocycles. The van der Waals surface area contributed by atoms with Gasteiger partial charge in [-0.05, 0) is 25.7 Å². The second kappa shape index (κ2) is 11.0. The molecule has 162 valence electrons. The number of carboxylic acid groups (broad SMARTS) is 4. The molecule has 0 fully saturated rings. The number of carboxylic acids is 4. The van der Waals surface area contributed by atoms with Gasteiger partial charge in [-0.3, -0.25) is 29.0 Å².